The normalized spacial score (nSPS) is 8.42. The first-order valence-corrected chi connectivity index (χ1v) is 4.62. The number of hydrogen-bond donors (Lipinski definition) is 1. The topological polar surface area (TPSA) is 12.0 Å². The Labute approximate surface area is 83.7 Å². The third-order valence-electron chi connectivity index (χ3n) is 1.20. The molecule has 12 heavy (non-hydrogen) atoms. The van der Waals surface area contributed by atoms with Gasteiger partial charge in [0.05, 0.1) is 10.7 Å². The number of nitrogens with one attached hydrogen (secondary N) is 1. The molecule has 68 valence electrons. The summed E-state index contributed by atoms with van der Waals surface area (Å²) in [5.41, 5.74) is 0.856. The molecule has 0 fully saturated rings. The highest BCUT2D eigenvalue weighted by Gasteiger charge is 1.96. The summed E-state index contributed by atoms with van der Waals surface area (Å²) in [5.74, 6) is 0. The molecule has 0 aliphatic rings. The van der Waals surface area contributed by atoms with E-state index in [1.165, 1.54) is 0 Å². The number of rotatable bonds is 1. The lowest BCUT2D eigenvalue weighted by Crippen LogP contribution is -1.87. The number of halogens is 2. The smallest absolute Gasteiger partial charge is 0.0638 e. The van der Waals surface area contributed by atoms with E-state index < -0.39 is 0 Å². The van der Waals surface area contributed by atoms with Gasteiger partial charge in [-0.2, -0.15) is 0 Å². The standard InChI is InChI=1S/C7H7Cl2N.C2H6/c1-10-7-4-5(8)2-3-6(7)9;1-2/h2-4,10H,1H3;1-2H3. The Hall–Kier alpha value is -0.400. The zero-order valence-electron chi connectivity index (χ0n) is 7.49. The minimum Gasteiger partial charge on any atom is -0.387 e. The van der Waals surface area contributed by atoms with Gasteiger partial charge in [0, 0.05) is 12.1 Å². The van der Waals surface area contributed by atoms with E-state index >= 15 is 0 Å². The van der Waals surface area contributed by atoms with Crippen LogP contribution in [0.25, 0.3) is 0 Å². The molecule has 0 heterocycles. The molecule has 0 bridgehead atoms. The highest BCUT2D eigenvalue weighted by Crippen LogP contribution is 2.24. The summed E-state index contributed by atoms with van der Waals surface area (Å²) in [6.07, 6.45) is 0. The molecule has 0 aliphatic heterocycles. The van der Waals surface area contributed by atoms with Crippen LogP contribution in [-0.4, -0.2) is 7.05 Å². The Bertz CT molecular complexity index is 236. The van der Waals surface area contributed by atoms with E-state index in [1.54, 1.807) is 25.2 Å². The van der Waals surface area contributed by atoms with E-state index in [-0.39, 0.29) is 0 Å². The van der Waals surface area contributed by atoms with E-state index in [0.29, 0.717) is 10.0 Å². The molecule has 0 saturated heterocycles. The van der Waals surface area contributed by atoms with E-state index in [2.05, 4.69) is 5.32 Å². The van der Waals surface area contributed by atoms with Crippen molar-refractivity contribution < 1.29 is 0 Å². The largest absolute Gasteiger partial charge is 0.387 e. The average Bonchev–Trinajstić information content (AvgIpc) is 2.13. The monoisotopic (exact) mass is 205 g/mol. The zero-order chi connectivity index (χ0) is 9.56. The third kappa shape index (κ3) is 3.33. The van der Waals surface area contributed by atoms with Crippen molar-refractivity contribution >= 4 is 28.9 Å². The van der Waals surface area contributed by atoms with Gasteiger partial charge >= 0.3 is 0 Å². The van der Waals surface area contributed by atoms with Crippen LogP contribution >= 0.6 is 23.2 Å². The summed E-state index contributed by atoms with van der Waals surface area (Å²) >= 11 is 11.5. The average molecular weight is 206 g/mol. The summed E-state index contributed by atoms with van der Waals surface area (Å²) < 4.78 is 0. The molecule has 0 radical (unpaired) electrons. The Morgan fingerprint density at radius 3 is 2.17 bits per heavy atom. The van der Waals surface area contributed by atoms with Crippen LogP contribution in [0.5, 0.6) is 0 Å². The predicted molar refractivity (Wildman–Crippen MR) is 57.4 cm³/mol. The molecule has 1 aromatic carbocycles. The first-order valence-electron chi connectivity index (χ1n) is 3.87. The first kappa shape index (κ1) is 11.6. The molecule has 0 amide bonds. The van der Waals surface area contributed by atoms with Gasteiger partial charge in [-0.15, -0.1) is 0 Å². The molecule has 1 aromatic rings. The van der Waals surface area contributed by atoms with Crippen molar-refractivity contribution in [3.63, 3.8) is 0 Å². The zero-order valence-corrected chi connectivity index (χ0v) is 9.00. The van der Waals surface area contributed by atoms with Crippen LogP contribution in [0.15, 0.2) is 18.2 Å². The van der Waals surface area contributed by atoms with Crippen molar-refractivity contribution in [2.45, 2.75) is 13.8 Å². The van der Waals surface area contributed by atoms with Gasteiger partial charge in [0.1, 0.15) is 0 Å². The Morgan fingerprint density at radius 1 is 1.17 bits per heavy atom. The highest BCUT2D eigenvalue weighted by atomic mass is 35.5. The van der Waals surface area contributed by atoms with Gasteiger partial charge in [-0.25, -0.2) is 0 Å². The van der Waals surface area contributed by atoms with Gasteiger partial charge in [-0.1, -0.05) is 37.0 Å². The third-order valence-corrected chi connectivity index (χ3v) is 1.76. The van der Waals surface area contributed by atoms with Crippen molar-refractivity contribution in [2.24, 2.45) is 0 Å². The van der Waals surface area contributed by atoms with Gasteiger partial charge in [0.2, 0.25) is 0 Å². The summed E-state index contributed by atoms with van der Waals surface area (Å²) in [6, 6.07) is 5.30. The quantitative estimate of drug-likeness (QED) is 0.730. The molecule has 0 unspecified atom stereocenters. The first-order chi connectivity index (χ1) is 5.74. The molecular formula is C9H13Cl2N. The number of hydrogen-bond acceptors (Lipinski definition) is 1. The van der Waals surface area contributed by atoms with Gasteiger partial charge in [-0.05, 0) is 18.2 Å². The summed E-state index contributed by atoms with van der Waals surface area (Å²) in [6.45, 7) is 4.00. The minimum absolute atomic E-state index is 0.687. The second-order valence-corrected chi connectivity index (χ2v) is 2.72. The molecule has 1 N–H and O–H groups in total. The fourth-order valence-corrected chi connectivity index (χ4v) is 1.07. The van der Waals surface area contributed by atoms with Crippen LogP contribution in [0.2, 0.25) is 10.0 Å². The van der Waals surface area contributed by atoms with E-state index in [1.807, 2.05) is 13.8 Å². The SMILES string of the molecule is CC.CNc1cc(Cl)ccc1Cl. The van der Waals surface area contributed by atoms with Crippen molar-refractivity contribution in [1.82, 2.24) is 0 Å². The van der Waals surface area contributed by atoms with Crippen molar-refractivity contribution in [2.75, 3.05) is 12.4 Å². The predicted octanol–water partition coefficient (Wildman–Crippen LogP) is 4.06. The maximum atomic E-state index is 5.78. The summed E-state index contributed by atoms with van der Waals surface area (Å²) in [7, 11) is 1.80. The van der Waals surface area contributed by atoms with Gasteiger partial charge in [0.15, 0.2) is 0 Å². The van der Waals surface area contributed by atoms with E-state index in [9.17, 15) is 0 Å². The molecule has 0 atom stereocenters. The van der Waals surface area contributed by atoms with Crippen LogP contribution in [-0.2, 0) is 0 Å². The van der Waals surface area contributed by atoms with Crippen LogP contribution in [0, 0.1) is 0 Å². The summed E-state index contributed by atoms with van der Waals surface area (Å²) in [4.78, 5) is 0. The second-order valence-electron chi connectivity index (χ2n) is 1.87. The maximum Gasteiger partial charge on any atom is 0.0638 e. The maximum absolute atomic E-state index is 5.78. The lowest BCUT2D eigenvalue weighted by Gasteiger charge is -2.01. The Morgan fingerprint density at radius 2 is 1.75 bits per heavy atom. The molecule has 1 nitrogen and oxygen atoms in total. The molecule has 0 spiro atoms. The fraction of sp³-hybridized carbons (Fsp3) is 0.333. The van der Waals surface area contributed by atoms with Crippen molar-refractivity contribution in [3.8, 4) is 0 Å². The molecule has 0 aromatic heterocycles. The van der Waals surface area contributed by atoms with Gasteiger partial charge in [0.25, 0.3) is 0 Å². The highest BCUT2D eigenvalue weighted by molar-refractivity contribution is 6.35. The van der Waals surface area contributed by atoms with Crippen LogP contribution in [0.3, 0.4) is 0 Å². The number of benzene rings is 1. The van der Waals surface area contributed by atoms with Gasteiger partial charge < -0.3 is 5.32 Å². The fourth-order valence-electron chi connectivity index (χ4n) is 0.689. The van der Waals surface area contributed by atoms with E-state index in [0.717, 1.165) is 5.69 Å². The number of anilines is 1. The molecule has 0 aliphatic carbocycles. The van der Waals surface area contributed by atoms with Gasteiger partial charge in [-0.3, -0.25) is 0 Å². The van der Waals surface area contributed by atoms with Crippen LogP contribution < -0.4 is 5.32 Å². The van der Waals surface area contributed by atoms with Crippen molar-refractivity contribution in [3.05, 3.63) is 28.2 Å². The lowest BCUT2D eigenvalue weighted by atomic mass is 10.3. The molecule has 0 saturated carbocycles. The molecule has 1 rings (SSSR count). The molecular weight excluding hydrogens is 193 g/mol. The second kappa shape index (κ2) is 6.15. The molecule has 3 heteroatoms. The van der Waals surface area contributed by atoms with Crippen LogP contribution in [0.4, 0.5) is 5.69 Å². The Kier molecular flexibility index (Phi) is 5.95. The Balaban J connectivity index is 0.000000561. The summed E-state index contributed by atoms with van der Waals surface area (Å²) in [5, 5.41) is 4.30. The van der Waals surface area contributed by atoms with Crippen molar-refractivity contribution in [1.29, 1.82) is 0 Å². The minimum atomic E-state index is 0.687. The lowest BCUT2D eigenvalue weighted by molar-refractivity contribution is 1.50. The van der Waals surface area contributed by atoms with E-state index in [4.69, 9.17) is 23.2 Å². The van der Waals surface area contributed by atoms with Crippen LogP contribution in [0.1, 0.15) is 13.8 Å².